The summed E-state index contributed by atoms with van der Waals surface area (Å²) in [5, 5.41) is 12.2. The molecule has 1 aliphatic heterocycles. The summed E-state index contributed by atoms with van der Waals surface area (Å²) in [6.07, 6.45) is 3.59. The van der Waals surface area contributed by atoms with E-state index in [9.17, 15) is 0 Å². The third kappa shape index (κ3) is 4.75. The number of aromatic nitrogens is 2. The van der Waals surface area contributed by atoms with Crippen LogP contribution in [0.3, 0.4) is 0 Å². The fraction of sp³-hybridized carbons (Fsp3) is 0.227. The molecule has 8 heteroatoms. The van der Waals surface area contributed by atoms with Crippen LogP contribution in [0.2, 0.25) is 0 Å². The lowest BCUT2D eigenvalue weighted by Gasteiger charge is -2.30. The maximum absolute atomic E-state index is 8.75. The molecule has 30 heavy (non-hydrogen) atoms. The predicted molar refractivity (Wildman–Crippen MR) is 123 cm³/mol. The molecule has 3 aromatic rings. The molecule has 1 saturated heterocycles. The largest absolute Gasteiger partial charge is 0.457 e. The summed E-state index contributed by atoms with van der Waals surface area (Å²) in [5.41, 5.74) is 7.67. The highest BCUT2D eigenvalue weighted by molar-refractivity contribution is 7.13. The molecular weight excluding hydrogens is 395 g/mol. The molecule has 0 radical (unpaired) electrons. The summed E-state index contributed by atoms with van der Waals surface area (Å²) >= 11 is 0. The van der Waals surface area contributed by atoms with Crippen molar-refractivity contribution in [3.63, 3.8) is 0 Å². The highest BCUT2D eigenvalue weighted by Crippen LogP contribution is 2.26. The second-order valence-electron chi connectivity index (χ2n) is 7.28. The van der Waals surface area contributed by atoms with Gasteiger partial charge in [-0.15, -0.1) is 0 Å². The average molecular weight is 420 g/mol. The Labute approximate surface area is 178 Å². The summed E-state index contributed by atoms with van der Waals surface area (Å²) in [6, 6.07) is 17.2. The molecule has 1 fully saturated rings. The molecule has 1 aliphatic rings. The first-order valence-corrected chi connectivity index (χ1v) is 10.4. The Balaban J connectivity index is 1.54. The number of nitrogens with two attached hydrogens (primary N) is 1. The van der Waals surface area contributed by atoms with Gasteiger partial charge >= 0.3 is 0 Å². The summed E-state index contributed by atoms with van der Waals surface area (Å²) in [6.45, 7) is 1.96. The third-order valence-electron chi connectivity index (χ3n) is 5.04. The Kier molecular flexibility index (Phi) is 6.21. The number of hydrogen-bond donors (Lipinski definition) is 3. The van der Waals surface area contributed by atoms with Gasteiger partial charge in [0.15, 0.2) is 0 Å². The van der Waals surface area contributed by atoms with E-state index in [0.717, 1.165) is 37.2 Å². The van der Waals surface area contributed by atoms with E-state index in [1.807, 2.05) is 54.6 Å². The summed E-state index contributed by atoms with van der Waals surface area (Å²) in [7, 11) is 2.75. The Morgan fingerprint density at radius 1 is 1.10 bits per heavy atom. The van der Waals surface area contributed by atoms with Crippen LogP contribution in [0.25, 0.3) is 0 Å². The molecule has 0 spiro atoms. The molecule has 4 N–H and O–H groups in total. The number of rotatable bonds is 6. The van der Waals surface area contributed by atoms with Crippen molar-refractivity contribution in [1.29, 1.82) is 5.41 Å². The molecule has 1 aromatic heterocycles. The van der Waals surface area contributed by atoms with Gasteiger partial charge < -0.3 is 15.8 Å². The molecule has 7 nitrogen and oxygen atoms in total. The number of anilines is 2. The van der Waals surface area contributed by atoms with E-state index in [0.29, 0.717) is 22.9 Å². The van der Waals surface area contributed by atoms with E-state index in [1.54, 1.807) is 0 Å². The molecule has 2 aromatic carbocycles. The van der Waals surface area contributed by atoms with Crippen LogP contribution < -0.4 is 15.8 Å². The zero-order chi connectivity index (χ0) is 20.9. The van der Waals surface area contributed by atoms with Gasteiger partial charge in [0.25, 0.3) is 0 Å². The standard InChI is InChI=1S/C22H25N6OP/c23-20(15-8-10-18(11-9-15)29-17-6-2-1-3-7-17)19-21(24)25-14-26-22(19)27-16-5-4-12-28(30)13-16/h1-3,6-11,14,16,23H,4-5,12-13,30H2,(H3,24,25,26,27). The van der Waals surface area contributed by atoms with Gasteiger partial charge in [0.05, 0.1) is 11.3 Å². The van der Waals surface area contributed by atoms with Gasteiger partial charge in [-0.05, 0) is 49.2 Å². The Morgan fingerprint density at radius 2 is 1.83 bits per heavy atom. The number of piperidine rings is 1. The average Bonchev–Trinajstić information content (AvgIpc) is 2.75. The number of nitrogens with zero attached hydrogens (tertiary/aromatic N) is 3. The van der Waals surface area contributed by atoms with Gasteiger partial charge in [-0.2, -0.15) is 0 Å². The van der Waals surface area contributed by atoms with Crippen LogP contribution in [0, 0.1) is 5.41 Å². The van der Waals surface area contributed by atoms with Crippen LogP contribution in [-0.2, 0) is 0 Å². The van der Waals surface area contributed by atoms with Crippen LogP contribution in [0.15, 0.2) is 60.9 Å². The number of para-hydroxylation sites is 1. The van der Waals surface area contributed by atoms with Crippen LogP contribution in [0.1, 0.15) is 24.0 Å². The monoisotopic (exact) mass is 420 g/mol. The minimum absolute atomic E-state index is 0.249. The smallest absolute Gasteiger partial charge is 0.141 e. The summed E-state index contributed by atoms with van der Waals surface area (Å²) in [4.78, 5) is 8.50. The molecule has 4 rings (SSSR count). The molecule has 0 saturated carbocycles. The number of benzene rings is 2. The van der Waals surface area contributed by atoms with Crippen LogP contribution in [-0.4, -0.2) is 39.5 Å². The second kappa shape index (κ2) is 9.20. The summed E-state index contributed by atoms with van der Waals surface area (Å²) < 4.78 is 8.05. The van der Waals surface area contributed by atoms with Crippen LogP contribution >= 0.6 is 9.39 Å². The SMILES string of the molecule is N=C(c1ccc(Oc2ccccc2)cc1)c1c(N)ncnc1NC1CCCN(P)C1. The number of hydrogen-bond acceptors (Lipinski definition) is 7. The molecule has 0 amide bonds. The molecular formula is C22H25N6OP. The topological polar surface area (TPSA) is 100 Å². The fourth-order valence-electron chi connectivity index (χ4n) is 3.53. The van der Waals surface area contributed by atoms with E-state index in [4.69, 9.17) is 15.9 Å². The van der Waals surface area contributed by atoms with Crippen molar-refractivity contribution < 1.29 is 4.74 Å². The first kappa shape index (κ1) is 20.3. The number of nitrogens with one attached hydrogen (secondary N) is 2. The molecule has 0 bridgehead atoms. The predicted octanol–water partition coefficient (Wildman–Crippen LogP) is 3.93. The first-order valence-electron chi connectivity index (χ1n) is 9.89. The van der Waals surface area contributed by atoms with Gasteiger partial charge in [0, 0.05) is 24.7 Å². The molecule has 2 atom stereocenters. The van der Waals surface area contributed by atoms with E-state index < -0.39 is 0 Å². The molecule has 0 aliphatic carbocycles. The lowest BCUT2D eigenvalue weighted by atomic mass is 10.0. The summed E-state index contributed by atoms with van der Waals surface area (Å²) in [5.74, 6) is 2.36. The van der Waals surface area contributed by atoms with Crippen molar-refractivity contribution in [2.75, 3.05) is 24.1 Å². The van der Waals surface area contributed by atoms with Crippen molar-refractivity contribution in [3.8, 4) is 11.5 Å². The zero-order valence-electron chi connectivity index (χ0n) is 16.6. The maximum atomic E-state index is 8.75. The van der Waals surface area contributed by atoms with Crippen molar-refractivity contribution in [2.45, 2.75) is 18.9 Å². The second-order valence-corrected chi connectivity index (χ2v) is 8.01. The van der Waals surface area contributed by atoms with Crippen molar-refractivity contribution >= 4 is 26.7 Å². The minimum Gasteiger partial charge on any atom is -0.457 e. The van der Waals surface area contributed by atoms with E-state index >= 15 is 0 Å². The van der Waals surface area contributed by atoms with Gasteiger partial charge in [0.1, 0.15) is 29.5 Å². The normalized spacial score (nSPS) is 16.8. The van der Waals surface area contributed by atoms with E-state index in [1.165, 1.54) is 6.33 Å². The highest BCUT2D eigenvalue weighted by Gasteiger charge is 2.22. The highest BCUT2D eigenvalue weighted by atomic mass is 31.0. The molecule has 2 heterocycles. The lowest BCUT2D eigenvalue weighted by Crippen LogP contribution is -2.37. The number of nitrogen functional groups attached to an aromatic ring is 1. The van der Waals surface area contributed by atoms with Gasteiger partial charge in [-0.1, -0.05) is 27.6 Å². The molecule has 154 valence electrons. The van der Waals surface area contributed by atoms with Crippen molar-refractivity contribution in [2.24, 2.45) is 0 Å². The lowest BCUT2D eigenvalue weighted by molar-refractivity contribution is 0.354. The maximum Gasteiger partial charge on any atom is 0.141 e. The Morgan fingerprint density at radius 3 is 2.57 bits per heavy atom. The quantitative estimate of drug-likeness (QED) is 0.413. The number of ether oxygens (including phenoxy) is 1. The van der Waals surface area contributed by atoms with Crippen LogP contribution in [0.4, 0.5) is 11.6 Å². The first-order chi connectivity index (χ1) is 14.6. The Bertz CT molecular complexity index is 1010. The van der Waals surface area contributed by atoms with Gasteiger partial charge in [-0.25, -0.2) is 9.97 Å². The van der Waals surface area contributed by atoms with Crippen LogP contribution in [0.5, 0.6) is 11.5 Å². The van der Waals surface area contributed by atoms with Gasteiger partial charge in [-0.3, -0.25) is 10.1 Å². The van der Waals surface area contributed by atoms with E-state index in [2.05, 4.69) is 29.3 Å². The third-order valence-corrected chi connectivity index (χ3v) is 5.51. The Hall–Kier alpha value is -3.02. The minimum atomic E-state index is 0.249. The van der Waals surface area contributed by atoms with Gasteiger partial charge in [0.2, 0.25) is 0 Å². The fourth-order valence-corrected chi connectivity index (χ4v) is 3.97. The molecule has 2 unspecified atom stereocenters. The zero-order valence-corrected chi connectivity index (χ0v) is 17.7. The van der Waals surface area contributed by atoms with E-state index in [-0.39, 0.29) is 11.8 Å². The van der Waals surface area contributed by atoms with Crippen molar-refractivity contribution in [1.82, 2.24) is 14.6 Å². The van der Waals surface area contributed by atoms with Crippen molar-refractivity contribution in [3.05, 3.63) is 72.1 Å².